The first kappa shape index (κ1) is 11.0. The van der Waals surface area contributed by atoms with Crippen molar-refractivity contribution >= 4 is 14.0 Å². The molecule has 0 fully saturated rings. The largest absolute Gasteiger partial charge is 0.478 e. The van der Waals surface area contributed by atoms with Gasteiger partial charge in [-0.15, -0.1) is 0 Å². The zero-order chi connectivity index (χ0) is 10.6. The van der Waals surface area contributed by atoms with E-state index in [1.807, 2.05) is 0 Å². The van der Waals surface area contributed by atoms with Gasteiger partial charge < -0.3 is 10.00 Å². The number of hydrogen-bond donors (Lipinski definition) is 2. The minimum atomic E-state index is -2.52. The van der Waals surface area contributed by atoms with Crippen LogP contribution in [0.2, 0.25) is 0 Å². The Balaban J connectivity index is 2.84. The summed E-state index contributed by atoms with van der Waals surface area (Å²) in [7, 11) is -2.52. The minimum absolute atomic E-state index is 0.134. The van der Waals surface area contributed by atoms with Crippen LogP contribution in [0.3, 0.4) is 0 Å². The van der Waals surface area contributed by atoms with Crippen molar-refractivity contribution in [2.75, 3.05) is 6.16 Å². The lowest BCUT2D eigenvalue weighted by Crippen LogP contribution is -2.02. The fourth-order valence-electron chi connectivity index (χ4n) is 1.19. The Labute approximate surface area is 82.1 Å². The fraction of sp³-hybridized carbons (Fsp3) is 0.222. The minimum Gasteiger partial charge on any atom is -0.478 e. The van der Waals surface area contributed by atoms with Crippen molar-refractivity contribution in [2.24, 2.45) is 0 Å². The van der Waals surface area contributed by atoms with Crippen LogP contribution < -0.4 is 0 Å². The van der Waals surface area contributed by atoms with Crippen molar-refractivity contribution in [1.29, 1.82) is 0 Å². The molecule has 0 heterocycles. The van der Waals surface area contributed by atoms with Crippen LogP contribution in [0, 0.1) is 0 Å². The lowest BCUT2D eigenvalue weighted by atomic mass is 10.1. The van der Waals surface area contributed by atoms with Gasteiger partial charge in [-0.25, -0.2) is 4.79 Å². The first-order chi connectivity index (χ1) is 6.61. The number of carbonyl (C=O) groups is 1. The smallest absolute Gasteiger partial charge is 0.335 e. The molecular weight excluding hydrogens is 203 g/mol. The quantitative estimate of drug-likeness (QED) is 0.743. The van der Waals surface area contributed by atoms with E-state index in [-0.39, 0.29) is 11.7 Å². The van der Waals surface area contributed by atoms with Crippen LogP contribution in [-0.2, 0) is 11.0 Å². The van der Waals surface area contributed by atoms with Gasteiger partial charge in [-0.2, -0.15) is 0 Å². The van der Waals surface area contributed by atoms with Gasteiger partial charge in [-0.3, -0.25) is 4.57 Å². The lowest BCUT2D eigenvalue weighted by molar-refractivity contribution is 0.0695. The van der Waals surface area contributed by atoms with Gasteiger partial charge >= 0.3 is 5.97 Å². The Kier molecular flexibility index (Phi) is 3.86. The molecule has 2 N–H and O–H groups in total. The molecular formula is C9H11O4P. The predicted octanol–water partition coefficient (Wildman–Crippen LogP) is 1.39. The molecule has 1 rings (SSSR count). The van der Waals surface area contributed by atoms with E-state index in [1.54, 1.807) is 18.2 Å². The molecule has 0 saturated heterocycles. The Morgan fingerprint density at radius 2 is 2.00 bits per heavy atom. The number of rotatable bonds is 4. The summed E-state index contributed by atoms with van der Waals surface area (Å²) in [5.41, 5.74) is 0.808. The molecule has 5 heteroatoms. The van der Waals surface area contributed by atoms with Crippen molar-refractivity contribution < 1.29 is 19.4 Å². The van der Waals surface area contributed by atoms with E-state index in [2.05, 4.69) is 0 Å². The van der Waals surface area contributed by atoms with Crippen molar-refractivity contribution in [3.63, 3.8) is 0 Å². The topological polar surface area (TPSA) is 74.6 Å². The number of hydrogen-bond acceptors (Lipinski definition) is 2. The van der Waals surface area contributed by atoms with Gasteiger partial charge in [-0.1, -0.05) is 18.2 Å². The molecule has 0 aromatic heterocycles. The molecule has 0 aliphatic carbocycles. The van der Waals surface area contributed by atoms with E-state index in [0.717, 1.165) is 0 Å². The Morgan fingerprint density at radius 3 is 2.57 bits per heavy atom. The highest BCUT2D eigenvalue weighted by molar-refractivity contribution is 7.37. The van der Waals surface area contributed by atoms with Crippen LogP contribution in [-0.4, -0.2) is 22.1 Å². The summed E-state index contributed by atoms with van der Waals surface area (Å²) >= 11 is 0. The first-order valence-corrected chi connectivity index (χ1v) is 5.70. The maximum Gasteiger partial charge on any atom is 0.335 e. The number of carboxylic acids is 1. The molecule has 1 aromatic rings. The van der Waals surface area contributed by atoms with Crippen LogP contribution in [0.4, 0.5) is 0 Å². The lowest BCUT2D eigenvalue weighted by Gasteiger charge is -2.03. The summed E-state index contributed by atoms with van der Waals surface area (Å²) in [5, 5.41) is 8.80. The second-order valence-electron chi connectivity index (χ2n) is 2.86. The maximum atomic E-state index is 10.7. The second-order valence-corrected chi connectivity index (χ2v) is 4.14. The molecule has 0 aliphatic heterocycles. The SMILES string of the molecule is O=C(O)c1ccccc1CC[PH](=O)O. The van der Waals surface area contributed by atoms with Crippen molar-refractivity contribution in [3.8, 4) is 0 Å². The average molecular weight is 214 g/mol. The number of aromatic carboxylic acids is 1. The third-order valence-electron chi connectivity index (χ3n) is 1.86. The molecule has 1 atom stereocenters. The molecule has 1 aromatic carbocycles. The van der Waals surface area contributed by atoms with E-state index in [1.165, 1.54) is 6.07 Å². The summed E-state index contributed by atoms with van der Waals surface area (Å²) < 4.78 is 10.5. The highest BCUT2D eigenvalue weighted by Crippen LogP contribution is 2.17. The van der Waals surface area contributed by atoms with E-state index in [9.17, 15) is 9.36 Å². The van der Waals surface area contributed by atoms with Gasteiger partial charge in [0.05, 0.1) is 5.56 Å². The first-order valence-electron chi connectivity index (χ1n) is 4.14. The van der Waals surface area contributed by atoms with E-state index in [0.29, 0.717) is 12.0 Å². The second kappa shape index (κ2) is 4.94. The number of carboxylic acid groups (broad SMARTS) is 1. The zero-order valence-corrected chi connectivity index (χ0v) is 8.43. The molecule has 1 unspecified atom stereocenters. The summed E-state index contributed by atoms with van der Waals surface area (Å²) in [6, 6.07) is 6.51. The van der Waals surface area contributed by atoms with Crippen molar-refractivity contribution in [2.45, 2.75) is 6.42 Å². The Morgan fingerprint density at radius 1 is 1.36 bits per heavy atom. The summed E-state index contributed by atoms with van der Waals surface area (Å²) in [4.78, 5) is 19.4. The summed E-state index contributed by atoms with van der Waals surface area (Å²) in [5.74, 6) is -1.00. The standard InChI is InChI=1S/C9H11O4P/c10-9(11)8-4-2-1-3-7(8)5-6-14(12)13/h1-4,14H,5-6H2,(H,10,11)(H,12,13). The molecule has 0 radical (unpaired) electrons. The van der Waals surface area contributed by atoms with Crippen LogP contribution in [0.1, 0.15) is 15.9 Å². The molecule has 0 aliphatic rings. The van der Waals surface area contributed by atoms with Crippen molar-refractivity contribution in [1.82, 2.24) is 0 Å². The number of aryl methyl sites for hydroxylation is 1. The maximum absolute atomic E-state index is 10.7. The molecule has 76 valence electrons. The highest BCUT2D eigenvalue weighted by Gasteiger charge is 2.08. The van der Waals surface area contributed by atoms with E-state index < -0.39 is 14.0 Å². The summed E-state index contributed by atoms with van der Waals surface area (Å²) in [6.45, 7) is 0. The van der Waals surface area contributed by atoms with Crippen molar-refractivity contribution in [3.05, 3.63) is 35.4 Å². The summed E-state index contributed by atoms with van der Waals surface area (Å²) in [6.07, 6.45) is 0.464. The highest BCUT2D eigenvalue weighted by atomic mass is 31.1. The number of benzene rings is 1. The monoisotopic (exact) mass is 214 g/mol. The Hall–Kier alpha value is -1.12. The van der Waals surface area contributed by atoms with Crippen LogP contribution in [0.25, 0.3) is 0 Å². The van der Waals surface area contributed by atoms with Crippen LogP contribution in [0.15, 0.2) is 24.3 Å². The molecule has 14 heavy (non-hydrogen) atoms. The molecule has 0 bridgehead atoms. The fourth-order valence-corrected chi connectivity index (χ4v) is 1.67. The average Bonchev–Trinajstić information content (AvgIpc) is 2.15. The third kappa shape index (κ3) is 2.98. The molecule has 0 saturated carbocycles. The van der Waals surface area contributed by atoms with Gasteiger partial charge in [-0.05, 0) is 18.1 Å². The van der Waals surface area contributed by atoms with Gasteiger partial charge in [0.25, 0.3) is 0 Å². The predicted molar refractivity (Wildman–Crippen MR) is 53.2 cm³/mol. The molecule has 4 nitrogen and oxygen atoms in total. The third-order valence-corrected chi connectivity index (χ3v) is 2.53. The zero-order valence-electron chi connectivity index (χ0n) is 7.43. The normalized spacial score (nSPS) is 12.4. The van der Waals surface area contributed by atoms with Gasteiger partial charge in [0.1, 0.15) is 0 Å². The molecule has 0 spiro atoms. The Bertz CT molecular complexity index is 362. The van der Waals surface area contributed by atoms with Gasteiger partial charge in [0.15, 0.2) is 8.03 Å². The van der Waals surface area contributed by atoms with Crippen LogP contribution >= 0.6 is 8.03 Å². The van der Waals surface area contributed by atoms with Crippen LogP contribution in [0.5, 0.6) is 0 Å². The van der Waals surface area contributed by atoms with E-state index in [4.69, 9.17) is 10.00 Å². The van der Waals surface area contributed by atoms with Gasteiger partial charge in [0.2, 0.25) is 0 Å². The van der Waals surface area contributed by atoms with E-state index >= 15 is 0 Å². The molecule has 0 amide bonds. The van der Waals surface area contributed by atoms with Gasteiger partial charge in [0, 0.05) is 6.16 Å².